The normalized spacial score (nSPS) is 19.3. The first kappa shape index (κ1) is 11.8. The second-order valence-corrected chi connectivity index (χ2v) is 3.54. The van der Waals surface area contributed by atoms with Crippen LogP contribution in [-0.2, 0) is 14.3 Å². The molecule has 1 heterocycles. The van der Waals surface area contributed by atoms with Gasteiger partial charge in [-0.25, -0.2) is 4.79 Å². The molecule has 15 heavy (non-hydrogen) atoms. The molecule has 0 spiro atoms. The van der Waals surface area contributed by atoms with Gasteiger partial charge < -0.3 is 19.9 Å². The number of aliphatic carboxylic acids is 1. The summed E-state index contributed by atoms with van der Waals surface area (Å²) in [6.07, 6.45) is 0.209. The molecular weight excluding hydrogens is 202 g/mol. The van der Waals surface area contributed by atoms with E-state index >= 15 is 0 Å². The largest absolute Gasteiger partial charge is 0.481 e. The fourth-order valence-corrected chi connectivity index (χ4v) is 1.54. The molecule has 86 valence electrons. The van der Waals surface area contributed by atoms with Crippen molar-refractivity contribution in [1.82, 2.24) is 5.32 Å². The molecule has 0 bridgehead atoms. The minimum Gasteiger partial charge on any atom is -0.481 e. The Morgan fingerprint density at radius 1 is 1.47 bits per heavy atom. The van der Waals surface area contributed by atoms with Crippen LogP contribution in [0.3, 0.4) is 0 Å². The highest BCUT2D eigenvalue weighted by atomic mass is 16.5. The van der Waals surface area contributed by atoms with Gasteiger partial charge in [-0.3, -0.25) is 4.79 Å². The van der Waals surface area contributed by atoms with Gasteiger partial charge in [-0.05, 0) is 12.8 Å². The van der Waals surface area contributed by atoms with Gasteiger partial charge in [0.05, 0.1) is 12.5 Å². The van der Waals surface area contributed by atoms with Crippen LogP contribution in [0.4, 0.5) is 4.79 Å². The highest BCUT2D eigenvalue weighted by Crippen LogP contribution is 2.29. The maximum atomic E-state index is 11.1. The summed E-state index contributed by atoms with van der Waals surface area (Å²) in [4.78, 5) is 22.0. The third-order valence-electron chi connectivity index (χ3n) is 2.66. The molecule has 1 aliphatic rings. The second-order valence-electron chi connectivity index (χ2n) is 3.54. The first-order valence-corrected chi connectivity index (χ1v) is 4.74. The SMILES string of the molecule is COC(=O)NCC1(C(=O)O)CCOCC1. The Balaban J connectivity index is 2.57. The van der Waals surface area contributed by atoms with Gasteiger partial charge in [-0.2, -0.15) is 0 Å². The quantitative estimate of drug-likeness (QED) is 0.706. The predicted molar refractivity (Wildman–Crippen MR) is 50.5 cm³/mol. The molecule has 1 rings (SSSR count). The van der Waals surface area contributed by atoms with Crippen molar-refractivity contribution >= 4 is 12.1 Å². The van der Waals surface area contributed by atoms with Crippen molar-refractivity contribution in [2.45, 2.75) is 12.8 Å². The predicted octanol–water partition coefficient (Wildman–Crippen LogP) is 0.224. The molecule has 0 aliphatic carbocycles. The molecule has 0 aromatic carbocycles. The molecule has 0 radical (unpaired) electrons. The van der Waals surface area contributed by atoms with Crippen molar-refractivity contribution in [2.24, 2.45) is 5.41 Å². The van der Waals surface area contributed by atoms with Crippen molar-refractivity contribution in [3.8, 4) is 0 Å². The van der Waals surface area contributed by atoms with Crippen molar-refractivity contribution in [3.05, 3.63) is 0 Å². The molecule has 1 amide bonds. The third kappa shape index (κ3) is 2.82. The van der Waals surface area contributed by atoms with Gasteiger partial charge >= 0.3 is 12.1 Å². The number of ether oxygens (including phenoxy) is 2. The molecule has 1 aliphatic heterocycles. The summed E-state index contributed by atoms with van der Waals surface area (Å²) >= 11 is 0. The molecule has 6 heteroatoms. The minimum atomic E-state index is -0.910. The van der Waals surface area contributed by atoms with E-state index in [0.29, 0.717) is 26.1 Å². The topological polar surface area (TPSA) is 84.9 Å². The number of carbonyl (C=O) groups is 2. The van der Waals surface area contributed by atoms with E-state index in [2.05, 4.69) is 10.1 Å². The highest BCUT2D eigenvalue weighted by molar-refractivity contribution is 5.76. The number of hydrogen-bond donors (Lipinski definition) is 2. The van der Waals surface area contributed by atoms with Crippen LogP contribution in [-0.4, -0.2) is 44.0 Å². The molecule has 2 N–H and O–H groups in total. The zero-order chi connectivity index (χ0) is 11.3. The number of carbonyl (C=O) groups excluding carboxylic acids is 1. The van der Waals surface area contributed by atoms with Crippen LogP contribution in [0.1, 0.15) is 12.8 Å². The first-order valence-electron chi connectivity index (χ1n) is 4.74. The summed E-state index contributed by atoms with van der Waals surface area (Å²) in [5, 5.41) is 11.6. The molecular formula is C9H15NO5. The fraction of sp³-hybridized carbons (Fsp3) is 0.778. The molecule has 0 atom stereocenters. The van der Waals surface area contributed by atoms with Gasteiger partial charge in [-0.1, -0.05) is 0 Å². The summed E-state index contributed by atoms with van der Waals surface area (Å²) in [7, 11) is 1.24. The Hall–Kier alpha value is -1.30. The van der Waals surface area contributed by atoms with Crippen LogP contribution in [0.25, 0.3) is 0 Å². The summed E-state index contributed by atoms with van der Waals surface area (Å²) in [6, 6.07) is 0. The molecule has 1 fully saturated rings. The highest BCUT2D eigenvalue weighted by Gasteiger charge is 2.40. The van der Waals surface area contributed by atoms with Crippen LogP contribution in [0.5, 0.6) is 0 Å². The van der Waals surface area contributed by atoms with Gasteiger partial charge in [0.1, 0.15) is 0 Å². The van der Waals surface area contributed by atoms with E-state index in [-0.39, 0.29) is 6.54 Å². The van der Waals surface area contributed by atoms with Crippen molar-refractivity contribution in [1.29, 1.82) is 0 Å². The third-order valence-corrected chi connectivity index (χ3v) is 2.66. The minimum absolute atomic E-state index is 0.0817. The van der Waals surface area contributed by atoms with E-state index in [1.807, 2.05) is 0 Å². The lowest BCUT2D eigenvalue weighted by atomic mass is 9.80. The fourth-order valence-electron chi connectivity index (χ4n) is 1.54. The molecule has 0 saturated carbocycles. The Morgan fingerprint density at radius 3 is 2.53 bits per heavy atom. The molecule has 6 nitrogen and oxygen atoms in total. The number of amides is 1. The zero-order valence-electron chi connectivity index (χ0n) is 8.62. The average Bonchev–Trinajstić information content (AvgIpc) is 2.27. The van der Waals surface area contributed by atoms with E-state index in [4.69, 9.17) is 9.84 Å². The lowest BCUT2D eigenvalue weighted by molar-refractivity contribution is -0.154. The summed E-state index contributed by atoms with van der Waals surface area (Å²) in [5.74, 6) is -0.901. The lowest BCUT2D eigenvalue weighted by Crippen LogP contribution is -2.46. The number of carboxylic acid groups (broad SMARTS) is 1. The van der Waals surface area contributed by atoms with Crippen LogP contribution >= 0.6 is 0 Å². The Kier molecular flexibility index (Phi) is 3.90. The number of nitrogens with one attached hydrogen (secondary N) is 1. The van der Waals surface area contributed by atoms with Gasteiger partial charge in [0.25, 0.3) is 0 Å². The van der Waals surface area contributed by atoms with Crippen LogP contribution in [0.15, 0.2) is 0 Å². The van der Waals surface area contributed by atoms with Crippen LogP contribution < -0.4 is 5.32 Å². The molecule has 0 aromatic rings. The van der Waals surface area contributed by atoms with Gasteiger partial charge in [0, 0.05) is 19.8 Å². The van der Waals surface area contributed by atoms with Gasteiger partial charge in [0.2, 0.25) is 0 Å². The summed E-state index contributed by atoms with van der Waals surface area (Å²) in [5.41, 5.74) is -0.910. The van der Waals surface area contributed by atoms with Crippen molar-refractivity contribution in [3.63, 3.8) is 0 Å². The number of alkyl carbamates (subject to hydrolysis) is 1. The Labute approximate surface area is 87.5 Å². The van der Waals surface area contributed by atoms with Crippen molar-refractivity contribution < 1.29 is 24.2 Å². The van der Waals surface area contributed by atoms with Gasteiger partial charge in [-0.15, -0.1) is 0 Å². The standard InChI is InChI=1S/C9H15NO5/c1-14-8(13)10-6-9(7(11)12)2-4-15-5-3-9/h2-6H2,1H3,(H,10,13)(H,11,12). The molecule has 0 aromatic heterocycles. The monoisotopic (exact) mass is 217 g/mol. The van der Waals surface area contributed by atoms with E-state index in [1.165, 1.54) is 7.11 Å². The second kappa shape index (κ2) is 4.97. The number of rotatable bonds is 3. The number of hydrogen-bond acceptors (Lipinski definition) is 4. The summed E-state index contributed by atoms with van der Waals surface area (Å²) in [6.45, 7) is 0.905. The van der Waals surface area contributed by atoms with Crippen LogP contribution in [0, 0.1) is 5.41 Å². The Bertz CT molecular complexity index is 247. The van der Waals surface area contributed by atoms with E-state index in [0.717, 1.165) is 0 Å². The van der Waals surface area contributed by atoms with Gasteiger partial charge in [0.15, 0.2) is 0 Å². The first-order chi connectivity index (χ1) is 7.10. The summed E-state index contributed by atoms with van der Waals surface area (Å²) < 4.78 is 9.49. The molecule has 0 unspecified atom stereocenters. The Morgan fingerprint density at radius 2 is 2.07 bits per heavy atom. The maximum absolute atomic E-state index is 11.1. The van der Waals surface area contributed by atoms with E-state index < -0.39 is 17.5 Å². The molecule has 1 saturated heterocycles. The smallest absolute Gasteiger partial charge is 0.406 e. The van der Waals surface area contributed by atoms with Crippen LogP contribution in [0.2, 0.25) is 0 Å². The number of methoxy groups -OCH3 is 1. The average molecular weight is 217 g/mol. The van der Waals surface area contributed by atoms with E-state index in [9.17, 15) is 9.59 Å². The van der Waals surface area contributed by atoms with Crippen molar-refractivity contribution in [2.75, 3.05) is 26.9 Å². The maximum Gasteiger partial charge on any atom is 0.406 e. The zero-order valence-corrected chi connectivity index (χ0v) is 8.62. The number of carboxylic acids is 1. The van der Waals surface area contributed by atoms with E-state index in [1.54, 1.807) is 0 Å². The lowest BCUT2D eigenvalue weighted by Gasteiger charge is -2.32.